The van der Waals surface area contributed by atoms with Crippen LogP contribution in [0.15, 0.2) is 12.2 Å². The fraction of sp³-hybridized carbons (Fsp3) is 0.824. The highest BCUT2D eigenvalue weighted by atomic mass is 28.4. The van der Waals surface area contributed by atoms with E-state index in [4.69, 9.17) is 4.43 Å². The smallest absolute Gasteiger partial charge is 0.330 e. The Morgan fingerprint density at radius 3 is 2.33 bits per heavy atom. The van der Waals surface area contributed by atoms with Crippen molar-refractivity contribution in [1.82, 2.24) is 0 Å². The van der Waals surface area contributed by atoms with Crippen LogP contribution in [0.3, 0.4) is 0 Å². The van der Waals surface area contributed by atoms with E-state index in [1.54, 1.807) is 0 Å². The number of unbranched alkanes of at least 4 members (excludes halogenated alkanes) is 2. The molecular formula is C17H34O3Si. The van der Waals surface area contributed by atoms with Crippen molar-refractivity contribution in [3.63, 3.8) is 0 Å². The molecule has 0 unspecified atom stereocenters. The zero-order valence-electron chi connectivity index (χ0n) is 15.0. The van der Waals surface area contributed by atoms with Crippen LogP contribution in [0.25, 0.3) is 0 Å². The molecular weight excluding hydrogens is 280 g/mol. The Morgan fingerprint density at radius 1 is 1.24 bits per heavy atom. The average molecular weight is 315 g/mol. The summed E-state index contributed by atoms with van der Waals surface area (Å²) in [7, 11) is -0.363. The van der Waals surface area contributed by atoms with Crippen molar-refractivity contribution in [1.29, 1.82) is 0 Å². The molecule has 0 bridgehead atoms. The molecule has 0 aliphatic carbocycles. The minimum Gasteiger partial charge on any atom is -0.466 e. The summed E-state index contributed by atoms with van der Waals surface area (Å²) in [6, 6.07) is 0. The largest absolute Gasteiger partial charge is 0.466 e. The summed E-state index contributed by atoms with van der Waals surface area (Å²) in [5.74, 6) is -0.297. The summed E-state index contributed by atoms with van der Waals surface area (Å²) in [4.78, 5) is 11.2. The van der Waals surface area contributed by atoms with Gasteiger partial charge in [-0.3, -0.25) is 0 Å². The van der Waals surface area contributed by atoms with Gasteiger partial charge >= 0.3 is 5.97 Å². The lowest BCUT2D eigenvalue weighted by Crippen LogP contribution is -2.43. The van der Waals surface area contributed by atoms with Crippen LogP contribution >= 0.6 is 0 Å². The average Bonchev–Trinajstić information content (AvgIpc) is 2.36. The highest BCUT2D eigenvalue weighted by molar-refractivity contribution is 6.74. The topological polar surface area (TPSA) is 35.5 Å². The van der Waals surface area contributed by atoms with Gasteiger partial charge in [0.15, 0.2) is 8.32 Å². The lowest BCUT2D eigenvalue weighted by Gasteiger charge is -2.39. The molecule has 0 N–H and O–H groups in total. The molecule has 0 aromatic heterocycles. The molecule has 0 saturated carbocycles. The Kier molecular flexibility index (Phi) is 9.14. The quantitative estimate of drug-likeness (QED) is 0.258. The second kappa shape index (κ2) is 9.41. The molecule has 0 aromatic rings. The Balaban J connectivity index is 4.66. The van der Waals surface area contributed by atoms with Gasteiger partial charge in [0.25, 0.3) is 0 Å². The first kappa shape index (κ1) is 20.4. The Hall–Kier alpha value is -0.613. The van der Waals surface area contributed by atoms with Crippen LogP contribution in [-0.4, -0.2) is 27.5 Å². The second-order valence-corrected chi connectivity index (χ2v) is 11.9. The number of carbonyl (C=O) groups excluding carboxylic acids is 1. The first-order chi connectivity index (χ1) is 9.64. The minimum absolute atomic E-state index is 0.207. The van der Waals surface area contributed by atoms with Gasteiger partial charge in [0.05, 0.1) is 7.11 Å². The maximum absolute atomic E-state index is 11.2. The van der Waals surface area contributed by atoms with Gasteiger partial charge in [-0.25, -0.2) is 4.79 Å². The Bertz CT molecular complexity index is 329. The van der Waals surface area contributed by atoms with Crippen molar-refractivity contribution >= 4 is 14.3 Å². The van der Waals surface area contributed by atoms with E-state index in [-0.39, 0.29) is 17.1 Å². The third kappa shape index (κ3) is 8.42. The number of methoxy groups -OCH3 is 1. The number of ether oxygens (including phenoxy) is 1. The van der Waals surface area contributed by atoms with E-state index in [2.05, 4.69) is 45.5 Å². The predicted molar refractivity (Wildman–Crippen MR) is 92.0 cm³/mol. The van der Waals surface area contributed by atoms with Crippen LogP contribution in [0.4, 0.5) is 0 Å². The lowest BCUT2D eigenvalue weighted by atomic mass is 10.1. The van der Waals surface area contributed by atoms with Crippen LogP contribution < -0.4 is 0 Å². The minimum atomic E-state index is -1.76. The van der Waals surface area contributed by atoms with Crippen molar-refractivity contribution in [3.05, 3.63) is 12.2 Å². The van der Waals surface area contributed by atoms with E-state index in [1.165, 1.54) is 32.4 Å². The van der Waals surface area contributed by atoms with Crippen molar-refractivity contribution in [2.24, 2.45) is 0 Å². The van der Waals surface area contributed by atoms with Crippen molar-refractivity contribution < 1.29 is 14.0 Å². The number of hydrogen-bond donors (Lipinski definition) is 0. The third-order valence-corrected chi connectivity index (χ3v) is 8.79. The fourth-order valence-corrected chi connectivity index (χ4v) is 3.23. The van der Waals surface area contributed by atoms with E-state index < -0.39 is 8.32 Å². The van der Waals surface area contributed by atoms with Crippen LogP contribution in [-0.2, 0) is 14.0 Å². The summed E-state index contributed by atoms with van der Waals surface area (Å²) < 4.78 is 11.1. The number of carbonyl (C=O) groups is 1. The molecule has 21 heavy (non-hydrogen) atoms. The van der Waals surface area contributed by atoms with Gasteiger partial charge in [-0.15, -0.1) is 0 Å². The summed E-state index contributed by atoms with van der Waals surface area (Å²) in [5, 5.41) is 0.210. The van der Waals surface area contributed by atoms with Crippen LogP contribution in [0.1, 0.15) is 59.8 Å². The highest BCUT2D eigenvalue weighted by Gasteiger charge is 2.38. The first-order valence-corrected chi connectivity index (χ1v) is 11.0. The zero-order chi connectivity index (χ0) is 16.5. The molecule has 124 valence electrons. The molecule has 0 radical (unpaired) electrons. The molecule has 4 heteroatoms. The predicted octanol–water partition coefficient (Wildman–Crippen LogP) is 5.08. The molecule has 0 aliphatic rings. The molecule has 0 aliphatic heterocycles. The summed E-state index contributed by atoms with van der Waals surface area (Å²) >= 11 is 0. The van der Waals surface area contributed by atoms with Gasteiger partial charge in [-0.05, 0) is 31.0 Å². The number of esters is 1. The van der Waals surface area contributed by atoms with Gasteiger partial charge < -0.3 is 9.16 Å². The fourth-order valence-electron chi connectivity index (χ4n) is 1.82. The SMILES string of the molecule is CCCCC[C@H](C/C=C\C(=O)OC)O[Si](C)(C)C(C)(C)C. The molecule has 3 nitrogen and oxygen atoms in total. The van der Waals surface area contributed by atoms with Crippen LogP contribution in [0.5, 0.6) is 0 Å². The van der Waals surface area contributed by atoms with Gasteiger partial charge in [0.2, 0.25) is 0 Å². The van der Waals surface area contributed by atoms with E-state index in [9.17, 15) is 4.79 Å². The van der Waals surface area contributed by atoms with Crippen LogP contribution in [0.2, 0.25) is 18.1 Å². The molecule has 0 aromatic carbocycles. The van der Waals surface area contributed by atoms with Crippen LogP contribution in [0, 0.1) is 0 Å². The second-order valence-electron chi connectivity index (χ2n) is 7.16. The molecule has 0 rings (SSSR count). The van der Waals surface area contributed by atoms with Crippen molar-refractivity contribution in [3.8, 4) is 0 Å². The van der Waals surface area contributed by atoms with Gasteiger partial charge in [0, 0.05) is 12.2 Å². The Labute approximate surface area is 132 Å². The van der Waals surface area contributed by atoms with E-state index in [0.717, 1.165) is 12.8 Å². The molecule has 0 spiro atoms. The molecule has 0 amide bonds. The van der Waals surface area contributed by atoms with Crippen molar-refractivity contribution in [2.45, 2.75) is 84.0 Å². The van der Waals surface area contributed by atoms with Crippen molar-refractivity contribution in [2.75, 3.05) is 7.11 Å². The standard InChI is InChI=1S/C17H34O3Si/c1-8-9-10-12-15(13-11-14-16(18)19-5)20-21(6,7)17(2,3)4/h11,14-15H,8-10,12-13H2,1-7H3/b14-11-/t15-/m1/s1. The molecule has 1 atom stereocenters. The van der Waals surface area contributed by atoms with E-state index in [1.807, 2.05) is 6.08 Å². The lowest BCUT2D eigenvalue weighted by molar-refractivity contribution is -0.134. The van der Waals surface area contributed by atoms with E-state index >= 15 is 0 Å². The van der Waals surface area contributed by atoms with Gasteiger partial charge in [-0.1, -0.05) is 53.0 Å². The number of hydrogen-bond acceptors (Lipinski definition) is 3. The molecule has 0 saturated heterocycles. The summed E-state index contributed by atoms with van der Waals surface area (Å²) in [5.41, 5.74) is 0. The molecule has 0 fully saturated rings. The highest BCUT2D eigenvalue weighted by Crippen LogP contribution is 2.38. The maximum Gasteiger partial charge on any atom is 0.330 e. The zero-order valence-corrected chi connectivity index (χ0v) is 16.0. The Morgan fingerprint density at radius 2 is 1.86 bits per heavy atom. The first-order valence-electron chi connectivity index (χ1n) is 8.06. The summed E-state index contributed by atoms with van der Waals surface area (Å²) in [6.45, 7) is 13.5. The monoisotopic (exact) mass is 314 g/mol. The maximum atomic E-state index is 11.2. The molecule has 0 heterocycles. The summed E-state index contributed by atoms with van der Waals surface area (Å²) in [6.07, 6.45) is 9.07. The third-order valence-electron chi connectivity index (χ3n) is 4.25. The van der Waals surface area contributed by atoms with Gasteiger partial charge in [-0.2, -0.15) is 0 Å². The normalized spacial score (nSPS) is 14.4. The van der Waals surface area contributed by atoms with E-state index in [0.29, 0.717) is 0 Å². The van der Waals surface area contributed by atoms with Gasteiger partial charge in [0.1, 0.15) is 0 Å². The number of rotatable bonds is 9.